The van der Waals surface area contributed by atoms with Crippen LogP contribution in [0.15, 0.2) is 63.2 Å². The predicted octanol–water partition coefficient (Wildman–Crippen LogP) is 5.03. The molecule has 2 aliphatic rings. The fourth-order valence-electron chi connectivity index (χ4n) is 3.64. The molecule has 0 bridgehead atoms. The number of anilines is 1. The van der Waals surface area contributed by atoms with Crippen LogP contribution in [-0.2, 0) is 9.59 Å². The highest BCUT2D eigenvalue weighted by Gasteiger charge is 2.40. The summed E-state index contributed by atoms with van der Waals surface area (Å²) in [5, 5.41) is 3.12. The molecule has 0 radical (unpaired) electrons. The lowest BCUT2D eigenvalue weighted by molar-refractivity contribution is -0.125. The molecule has 166 valence electrons. The van der Waals surface area contributed by atoms with Gasteiger partial charge >= 0.3 is 0 Å². The summed E-state index contributed by atoms with van der Waals surface area (Å²) >= 11 is 10.8. The Morgan fingerprint density at radius 3 is 2.66 bits per heavy atom. The van der Waals surface area contributed by atoms with E-state index < -0.39 is 5.25 Å². The van der Waals surface area contributed by atoms with Crippen molar-refractivity contribution in [2.75, 3.05) is 18.4 Å². The molecule has 6 nitrogen and oxygen atoms in total. The largest absolute Gasteiger partial charge is 0.400 e. The number of aliphatic imine (C=N–C) groups is 1. The standard InChI is InChI=1S/C23H22BrClN4O2S/c1-13-7-8-17(16(24)11-13)28-21(30)20-19(26)18(23(31)29-9-2-3-10-29)22(32-20)27-15-6-4-5-14(25)12-15/h4-8,11-12,20H,2-3,9-10,26H2,1H3,(H,28,30)/t20-/m1/s1. The van der Waals surface area contributed by atoms with Gasteiger partial charge in [0.2, 0.25) is 5.91 Å². The smallest absolute Gasteiger partial charge is 0.258 e. The molecule has 2 aromatic carbocycles. The minimum absolute atomic E-state index is 0.180. The van der Waals surface area contributed by atoms with Gasteiger partial charge in [-0.05, 0) is 71.6 Å². The number of thioether (sulfide) groups is 1. The summed E-state index contributed by atoms with van der Waals surface area (Å²) in [4.78, 5) is 32.8. The number of benzene rings is 2. The highest BCUT2D eigenvalue weighted by Crippen LogP contribution is 2.37. The average Bonchev–Trinajstić information content (AvgIpc) is 3.38. The van der Waals surface area contributed by atoms with E-state index in [4.69, 9.17) is 17.3 Å². The van der Waals surface area contributed by atoms with Crippen LogP contribution in [0.3, 0.4) is 0 Å². The summed E-state index contributed by atoms with van der Waals surface area (Å²) in [5.41, 5.74) is 9.26. The van der Waals surface area contributed by atoms with E-state index in [1.54, 1.807) is 29.2 Å². The Morgan fingerprint density at radius 2 is 1.97 bits per heavy atom. The van der Waals surface area contributed by atoms with Crippen LogP contribution >= 0.6 is 39.3 Å². The van der Waals surface area contributed by atoms with E-state index in [0.717, 1.165) is 22.9 Å². The zero-order valence-corrected chi connectivity index (χ0v) is 20.6. The van der Waals surface area contributed by atoms with Gasteiger partial charge in [0, 0.05) is 28.3 Å². The first-order chi connectivity index (χ1) is 15.3. The minimum Gasteiger partial charge on any atom is -0.400 e. The van der Waals surface area contributed by atoms with Gasteiger partial charge in [-0.25, -0.2) is 4.99 Å². The number of rotatable bonds is 4. The highest BCUT2D eigenvalue weighted by molar-refractivity contribution is 9.10. The van der Waals surface area contributed by atoms with Crippen molar-refractivity contribution in [3.8, 4) is 0 Å². The van der Waals surface area contributed by atoms with Gasteiger partial charge in [0.1, 0.15) is 10.3 Å². The van der Waals surface area contributed by atoms with Gasteiger partial charge < -0.3 is 16.0 Å². The first-order valence-electron chi connectivity index (χ1n) is 10.2. The lowest BCUT2D eigenvalue weighted by atomic mass is 10.1. The van der Waals surface area contributed by atoms with E-state index in [9.17, 15) is 9.59 Å². The molecule has 0 saturated carbocycles. The van der Waals surface area contributed by atoms with Crippen LogP contribution in [0.4, 0.5) is 11.4 Å². The first-order valence-corrected chi connectivity index (χ1v) is 12.3. The molecular formula is C23H22BrClN4O2S. The maximum atomic E-state index is 13.3. The van der Waals surface area contributed by atoms with E-state index in [2.05, 4.69) is 26.2 Å². The van der Waals surface area contributed by atoms with Crippen molar-refractivity contribution >= 4 is 67.5 Å². The molecule has 1 fully saturated rings. The number of nitrogens with zero attached hydrogens (tertiary/aromatic N) is 2. The monoisotopic (exact) mass is 532 g/mol. The molecule has 2 aliphatic heterocycles. The summed E-state index contributed by atoms with van der Waals surface area (Å²) in [7, 11) is 0. The fourth-order valence-corrected chi connectivity index (χ4v) is 5.53. The van der Waals surface area contributed by atoms with Crippen molar-refractivity contribution in [3.05, 3.63) is 68.8 Å². The first kappa shape index (κ1) is 22.9. The zero-order valence-electron chi connectivity index (χ0n) is 17.4. The molecule has 0 unspecified atom stereocenters. The van der Waals surface area contributed by atoms with Gasteiger partial charge in [0.25, 0.3) is 5.91 Å². The minimum atomic E-state index is -0.761. The van der Waals surface area contributed by atoms with Crippen LogP contribution in [0.2, 0.25) is 5.02 Å². The van der Waals surface area contributed by atoms with Crippen molar-refractivity contribution < 1.29 is 9.59 Å². The van der Waals surface area contributed by atoms with Gasteiger partial charge in [0.15, 0.2) is 0 Å². The molecule has 3 N–H and O–H groups in total. The maximum Gasteiger partial charge on any atom is 0.258 e. The summed E-state index contributed by atoms with van der Waals surface area (Å²) in [5.74, 6) is -0.486. The molecule has 4 rings (SSSR count). The molecule has 2 amide bonds. The number of halogens is 2. The molecule has 0 aromatic heterocycles. The maximum absolute atomic E-state index is 13.3. The van der Waals surface area contributed by atoms with Crippen LogP contribution in [0.5, 0.6) is 0 Å². The van der Waals surface area contributed by atoms with Gasteiger partial charge in [-0.2, -0.15) is 0 Å². The lowest BCUT2D eigenvalue weighted by Crippen LogP contribution is -2.33. The topological polar surface area (TPSA) is 87.8 Å². The van der Waals surface area contributed by atoms with Crippen LogP contribution < -0.4 is 11.1 Å². The second-order valence-corrected chi connectivity index (χ2v) is 10.1. The number of nitrogens with two attached hydrogens (primary N) is 1. The zero-order chi connectivity index (χ0) is 22.8. The Bertz CT molecular complexity index is 1140. The predicted molar refractivity (Wildman–Crippen MR) is 134 cm³/mol. The third-order valence-electron chi connectivity index (χ3n) is 5.28. The highest BCUT2D eigenvalue weighted by atomic mass is 79.9. The van der Waals surface area contributed by atoms with E-state index in [1.807, 2.05) is 25.1 Å². The van der Waals surface area contributed by atoms with Crippen molar-refractivity contribution in [1.29, 1.82) is 0 Å². The van der Waals surface area contributed by atoms with Gasteiger partial charge in [-0.15, -0.1) is 0 Å². The Hall–Kier alpha value is -2.29. The Morgan fingerprint density at radius 1 is 1.22 bits per heavy atom. The number of carbonyl (C=O) groups is 2. The molecule has 1 saturated heterocycles. The Labute approximate surface area is 204 Å². The lowest BCUT2D eigenvalue weighted by Gasteiger charge is -2.16. The molecule has 2 heterocycles. The van der Waals surface area contributed by atoms with Crippen molar-refractivity contribution in [2.45, 2.75) is 25.0 Å². The molecule has 0 aliphatic carbocycles. The molecule has 32 heavy (non-hydrogen) atoms. The normalized spacial score (nSPS) is 19.7. The van der Waals surface area contributed by atoms with E-state index in [1.165, 1.54) is 11.8 Å². The molecule has 9 heteroatoms. The van der Waals surface area contributed by atoms with Crippen LogP contribution in [0, 0.1) is 6.92 Å². The second-order valence-electron chi connectivity index (χ2n) is 7.70. The quantitative estimate of drug-likeness (QED) is 0.577. The van der Waals surface area contributed by atoms with Crippen molar-refractivity contribution in [1.82, 2.24) is 4.90 Å². The van der Waals surface area contributed by atoms with Gasteiger partial charge in [-0.3, -0.25) is 9.59 Å². The number of likely N-dealkylation sites (tertiary alicyclic amines) is 1. The second kappa shape index (κ2) is 9.68. The fraction of sp³-hybridized carbons (Fsp3) is 0.261. The Kier molecular flexibility index (Phi) is 6.93. The van der Waals surface area contributed by atoms with Crippen LogP contribution in [0.25, 0.3) is 0 Å². The van der Waals surface area contributed by atoms with Crippen LogP contribution in [-0.4, -0.2) is 40.1 Å². The van der Waals surface area contributed by atoms with E-state index >= 15 is 0 Å². The summed E-state index contributed by atoms with van der Waals surface area (Å²) in [6.07, 6.45) is 1.91. The number of amides is 2. The Balaban J connectivity index is 1.67. The number of carbonyl (C=O) groups excluding carboxylic acids is 2. The molecule has 0 spiro atoms. The van der Waals surface area contributed by atoms with Crippen molar-refractivity contribution in [2.24, 2.45) is 10.7 Å². The summed E-state index contributed by atoms with van der Waals surface area (Å²) in [6.45, 7) is 3.33. The van der Waals surface area contributed by atoms with Crippen LogP contribution in [0.1, 0.15) is 18.4 Å². The third kappa shape index (κ3) is 4.87. The number of nitrogens with one attached hydrogen (secondary N) is 1. The molecule has 2 aromatic rings. The molecule has 1 atom stereocenters. The van der Waals surface area contributed by atoms with E-state index in [-0.39, 0.29) is 17.5 Å². The average molecular weight is 534 g/mol. The van der Waals surface area contributed by atoms with Gasteiger partial charge in [0.05, 0.1) is 16.9 Å². The number of aryl methyl sites for hydroxylation is 1. The van der Waals surface area contributed by atoms with Gasteiger partial charge in [-0.1, -0.05) is 35.5 Å². The third-order valence-corrected chi connectivity index (χ3v) is 7.39. The number of hydrogen-bond donors (Lipinski definition) is 2. The molecular weight excluding hydrogens is 512 g/mol. The number of hydrogen-bond acceptors (Lipinski definition) is 5. The summed E-state index contributed by atoms with van der Waals surface area (Å²) in [6, 6.07) is 12.7. The SMILES string of the molecule is Cc1ccc(NC(=O)[C@@H]2SC(=Nc3cccc(Cl)c3)C(C(=O)N3CCCC3)=C2N)c(Br)c1. The summed E-state index contributed by atoms with van der Waals surface area (Å²) < 4.78 is 0.776. The van der Waals surface area contributed by atoms with Crippen molar-refractivity contribution in [3.63, 3.8) is 0 Å². The van der Waals surface area contributed by atoms with E-state index in [0.29, 0.717) is 40.1 Å².